The Morgan fingerprint density at radius 3 is 2.52 bits per heavy atom. The van der Waals surface area contributed by atoms with Gasteiger partial charge in [-0.05, 0) is 102 Å². The van der Waals surface area contributed by atoms with Gasteiger partial charge in [-0.15, -0.1) is 0 Å². The van der Waals surface area contributed by atoms with Crippen LogP contribution in [0.25, 0.3) is 11.0 Å². The number of imidazole rings is 1. The van der Waals surface area contributed by atoms with E-state index in [1.807, 2.05) is 11.6 Å². The number of hydrogen-bond acceptors (Lipinski definition) is 4. The van der Waals surface area contributed by atoms with Gasteiger partial charge < -0.3 is 15.1 Å². The number of fused-ring (bicyclic) bond motifs is 1. The number of benzene rings is 1. The third-order valence-corrected chi connectivity index (χ3v) is 8.10. The van der Waals surface area contributed by atoms with Gasteiger partial charge in [0.1, 0.15) is 0 Å². The Labute approximate surface area is 186 Å². The van der Waals surface area contributed by atoms with Crippen LogP contribution in [0.2, 0.25) is 0 Å². The molecule has 0 radical (unpaired) electrons. The molecule has 1 atom stereocenters. The van der Waals surface area contributed by atoms with Crippen LogP contribution in [0, 0.1) is 5.92 Å². The van der Waals surface area contributed by atoms with E-state index in [2.05, 4.69) is 44.9 Å². The number of nitrogens with one attached hydrogen (secondary N) is 1. The molecule has 3 fully saturated rings. The summed E-state index contributed by atoms with van der Waals surface area (Å²) in [5.41, 5.74) is 3.87. The summed E-state index contributed by atoms with van der Waals surface area (Å²) in [5, 5.41) is 3.48. The molecule has 1 N–H and O–H groups in total. The van der Waals surface area contributed by atoms with Crippen molar-refractivity contribution < 1.29 is 0 Å². The lowest BCUT2D eigenvalue weighted by Crippen LogP contribution is -2.39. The number of likely N-dealkylation sites (N-methyl/N-ethyl adjacent to an activating group) is 1. The minimum atomic E-state index is 0.158. The van der Waals surface area contributed by atoms with Gasteiger partial charge in [-0.3, -0.25) is 9.13 Å². The highest BCUT2D eigenvalue weighted by Gasteiger charge is 2.28. The highest BCUT2D eigenvalue weighted by molar-refractivity contribution is 5.80. The summed E-state index contributed by atoms with van der Waals surface area (Å²) in [5.74, 6) is 1.42. The zero-order chi connectivity index (χ0) is 21.4. The molecule has 31 heavy (non-hydrogen) atoms. The average molecular weight is 426 g/mol. The van der Waals surface area contributed by atoms with Gasteiger partial charge in [0.2, 0.25) is 0 Å². The Morgan fingerprint density at radius 1 is 1.00 bits per heavy atom. The standard InChI is InChI=1S/C25H39N5O/c1-27-14-4-5-21(18-27)30-23-7-3-6-22(24(23)28(2)25(30)31)20-10-15-29(16-11-20)17-19-8-12-26-13-9-19/h3,6-7,19-21,26H,4-5,8-18H2,1-2H3. The quantitative estimate of drug-likeness (QED) is 0.818. The second-order valence-corrected chi connectivity index (χ2v) is 10.3. The van der Waals surface area contributed by atoms with Crippen molar-refractivity contribution >= 4 is 11.0 Å². The van der Waals surface area contributed by atoms with Crippen LogP contribution in [-0.2, 0) is 7.05 Å². The largest absolute Gasteiger partial charge is 0.329 e. The second-order valence-electron chi connectivity index (χ2n) is 10.3. The Morgan fingerprint density at radius 2 is 1.77 bits per heavy atom. The number of aryl methyl sites for hydroxylation is 1. The lowest BCUT2D eigenvalue weighted by Gasteiger charge is -2.35. The first-order valence-corrected chi connectivity index (χ1v) is 12.4. The van der Waals surface area contributed by atoms with Gasteiger partial charge in [-0.2, -0.15) is 0 Å². The van der Waals surface area contributed by atoms with Crippen molar-refractivity contribution in [2.24, 2.45) is 13.0 Å². The van der Waals surface area contributed by atoms with E-state index in [4.69, 9.17) is 0 Å². The van der Waals surface area contributed by atoms with Crippen molar-refractivity contribution in [1.82, 2.24) is 24.3 Å². The molecule has 1 aromatic heterocycles. The van der Waals surface area contributed by atoms with Crippen LogP contribution in [-0.4, -0.2) is 71.8 Å². The van der Waals surface area contributed by atoms with Gasteiger partial charge in [-0.1, -0.05) is 12.1 Å². The van der Waals surface area contributed by atoms with E-state index in [1.165, 1.54) is 75.9 Å². The molecule has 0 spiro atoms. The molecule has 3 aliphatic heterocycles. The van der Waals surface area contributed by atoms with Crippen molar-refractivity contribution in [2.75, 3.05) is 52.9 Å². The van der Waals surface area contributed by atoms with Crippen LogP contribution in [0.4, 0.5) is 0 Å². The summed E-state index contributed by atoms with van der Waals surface area (Å²) in [6.45, 7) is 8.12. The maximum Gasteiger partial charge on any atom is 0.329 e. The normalized spacial score (nSPS) is 25.4. The van der Waals surface area contributed by atoms with Crippen LogP contribution in [0.15, 0.2) is 23.0 Å². The predicted molar refractivity (Wildman–Crippen MR) is 127 cm³/mol. The van der Waals surface area contributed by atoms with Gasteiger partial charge in [-0.25, -0.2) is 4.79 Å². The van der Waals surface area contributed by atoms with E-state index >= 15 is 0 Å². The maximum atomic E-state index is 13.3. The number of likely N-dealkylation sites (tertiary alicyclic amines) is 2. The van der Waals surface area contributed by atoms with Crippen LogP contribution < -0.4 is 11.0 Å². The minimum Gasteiger partial charge on any atom is -0.317 e. The van der Waals surface area contributed by atoms with E-state index in [-0.39, 0.29) is 11.7 Å². The third kappa shape index (κ3) is 4.22. The summed E-state index contributed by atoms with van der Waals surface area (Å²) < 4.78 is 4.03. The third-order valence-electron chi connectivity index (χ3n) is 8.10. The van der Waals surface area contributed by atoms with Gasteiger partial charge in [0, 0.05) is 20.1 Å². The molecule has 170 valence electrons. The molecule has 3 aliphatic rings. The summed E-state index contributed by atoms with van der Waals surface area (Å²) in [6, 6.07) is 6.92. The fraction of sp³-hybridized carbons (Fsp3) is 0.720. The Bertz CT molecular complexity index is 949. The van der Waals surface area contributed by atoms with Crippen molar-refractivity contribution in [3.05, 3.63) is 34.2 Å². The molecule has 5 rings (SSSR count). The zero-order valence-corrected chi connectivity index (χ0v) is 19.4. The van der Waals surface area contributed by atoms with Crippen molar-refractivity contribution in [2.45, 2.75) is 50.5 Å². The summed E-state index contributed by atoms with van der Waals surface area (Å²) >= 11 is 0. The first-order valence-electron chi connectivity index (χ1n) is 12.4. The SMILES string of the molecule is CN1CCCC(n2c(=O)n(C)c3c(C4CCN(CC5CCNCC5)CC4)cccc32)C1. The fourth-order valence-corrected chi connectivity index (χ4v) is 6.36. The van der Waals surface area contributed by atoms with E-state index in [9.17, 15) is 4.79 Å². The summed E-state index contributed by atoms with van der Waals surface area (Å²) in [4.78, 5) is 18.3. The average Bonchev–Trinajstić information content (AvgIpc) is 3.05. The number of para-hydroxylation sites is 1. The maximum absolute atomic E-state index is 13.3. The molecule has 6 nitrogen and oxygen atoms in total. The second kappa shape index (κ2) is 9.08. The van der Waals surface area contributed by atoms with Crippen molar-refractivity contribution in [3.8, 4) is 0 Å². The highest BCUT2D eigenvalue weighted by atomic mass is 16.1. The molecule has 1 aromatic carbocycles. The summed E-state index contributed by atoms with van der Waals surface area (Å²) in [7, 11) is 4.15. The van der Waals surface area contributed by atoms with Crippen molar-refractivity contribution in [3.63, 3.8) is 0 Å². The van der Waals surface area contributed by atoms with E-state index in [0.717, 1.165) is 30.9 Å². The number of hydrogen-bond donors (Lipinski definition) is 1. The molecule has 1 unspecified atom stereocenters. The van der Waals surface area contributed by atoms with Crippen LogP contribution in [0.3, 0.4) is 0 Å². The highest BCUT2D eigenvalue weighted by Crippen LogP contribution is 2.34. The molecular formula is C25H39N5O. The molecule has 0 aliphatic carbocycles. The van der Waals surface area contributed by atoms with Gasteiger partial charge in [0.05, 0.1) is 17.1 Å². The van der Waals surface area contributed by atoms with E-state index in [1.54, 1.807) is 0 Å². The molecular weight excluding hydrogens is 386 g/mol. The van der Waals surface area contributed by atoms with E-state index < -0.39 is 0 Å². The van der Waals surface area contributed by atoms with Gasteiger partial charge in [0.25, 0.3) is 0 Å². The molecule has 0 bridgehead atoms. The number of rotatable bonds is 4. The minimum absolute atomic E-state index is 0.158. The van der Waals surface area contributed by atoms with E-state index in [0.29, 0.717) is 5.92 Å². The van der Waals surface area contributed by atoms with Crippen LogP contribution in [0.1, 0.15) is 56.0 Å². The smallest absolute Gasteiger partial charge is 0.317 e. The Balaban J connectivity index is 1.36. The molecule has 6 heteroatoms. The molecule has 3 saturated heterocycles. The molecule has 2 aromatic rings. The molecule has 4 heterocycles. The predicted octanol–water partition coefficient (Wildman–Crippen LogP) is 2.79. The topological polar surface area (TPSA) is 45.4 Å². The van der Waals surface area contributed by atoms with Crippen molar-refractivity contribution in [1.29, 1.82) is 0 Å². The van der Waals surface area contributed by atoms with Gasteiger partial charge in [0.15, 0.2) is 0 Å². The lowest BCUT2D eigenvalue weighted by atomic mass is 9.87. The van der Waals surface area contributed by atoms with Gasteiger partial charge >= 0.3 is 5.69 Å². The first kappa shape index (κ1) is 21.2. The Hall–Kier alpha value is -1.63. The Kier molecular flexibility index (Phi) is 6.22. The molecule has 0 saturated carbocycles. The summed E-state index contributed by atoms with van der Waals surface area (Å²) in [6.07, 6.45) is 7.32. The monoisotopic (exact) mass is 425 g/mol. The number of piperidine rings is 3. The lowest BCUT2D eigenvalue weighted by molar-refractivity contribution is 0.167. The number of nitrogens with zero attached hydrogens (tertiary/aromatic N) is 4. The fourth-order valence-electron chi connectivity index (χ4n) is 6.36. The van der Waals surface area contributed by atoms with Crippen LogP contribution in [0.5, 0.6) is 0 Å². The van der Waals surface area contributed by atoms with Crippen LogP contribution >= 0.6 is 0 Å². The first-order chi connectivity index (χ1) is 15.1. The molecule has 0 amide bonds. The number of aromatic nitrogens is 2. The zero-order valence-electron chi connectivity index (χ0n) is 19.4.